The van der Waals surface area contributed by atoms with Crippen LogP contribution in [0.3, 0.4) is 0 Å². The maximum Gasteiger partial charge on any atom is 0.161 e. The molecule has 4 heteroatoms. The lowest BCUT2D eigenvalue weighted by molar-refractivity contribution is 0.254. The summed E-state index contributed by atoms with van der Waals surface area (Å²) >= 11 is 0. The van der Waals surface area contributed by atoms with Gasteiger partial charge in [-0.2, -0.15) is 0 Å². The van der Waals surface area contributed by atoms with E-state index in [1.54, 1.807) is 7.11 Å². The Hall–Kier alpha value is -2.07. The molecule has 0 atom stereocenters. The first kappa shape index (κ1) is 18.7. The highest BCUT2D eigenvalue weighted by Crippen LogP contribution is 2.29. The Balaban J connectivity index is 1.59. The molecule has 26 heavy (non-hydrogen) atoms. The lowest BCUT2D eigenvalue weighted by atomic mass is 10.1. The first-order valence-electron chi connectivity index (χ1n) is 9.75. The minimum absolute atomic E-state index is 0.722. The third-order valence-corrected chi connectivity index (χ3v) is 4.91. The summed E-state index contributed by atoms with van der Waals surface area (Å²) in [5.74, 6) is 1.63. The molecular weight excluding hydrogens is 324 g/mol. The predicted octanol–water partition coefficient (Wildman–Crippen LogP) is 4.11. The van der Waals surface area contributed by atoms with Crippen LogP contribution in [0, 0.1) is 0 Å². The predicted molar refractivity (Wildman–Crippen MR) is 105 cm³/mol. The molecule has 4 nitrogen and oxygen atoms in total. The number of hydrogen-bond acceptors (Lipinski definition) is 4. The summed E-state index contributed by atoms with van der Waals surface area (Å²) in [4.78, 5) is 7.22. The normalized spacial score (nSPS) is 14.5. The quantitative estimate of drug-likeness (QED) is 0.635. The van der Waals surface area contributed by atoms with E-state index in [4.69, 9.17) is 14.5 Å². The molecule has 0 spiro atoms. The van der Waals surface area contributed by atoms with Crippen LogP contribution >= 0.6 is 0 Å². The van der Waals surface area contributed by atoms with Crippen molar-refractivity contribution < 1.29 is 9.47 Å². The lowest BCUT2D eigenvalue weighted by Crippen LogP contribution is -2.21. The van der Waals surface area contributed by atoms with Gasteiger partial charge in [-0.25, -0.2) is 0 Å². The second-order valence-electron chi connectivity index (χ2n) is 6.89. The number of aryl methyl sites for hydroxylation is 1. The number of ether oxygens (including phenoxy) is 2. The van der Waals surface area contributed by atoms with Crippen LogP contribution in [-0.2, 0) is 12.8 Å². The number of pyridine rings is 1. The minimum Gasteiger partial charge on any atom is -0.493 e. The van der Waals surface area contributed by atoms with Gasteiger partial charge in [0.1, 0.15) is 0 Å². The first-order chi connectivity index (χ1) is 12.8. The molecular formula is C22H30N2O2. The van der Waals surface area contributed by atoms with Crippen molar-refractivity contribution in [3.63, 3.8) is 0 Å². The summed E-state index contributed by atoms with van der Waals surface area (Å²) in [6, 6.07) is 12.4. The number of aromatic nitrogens is 1. The van der Waals surface area contributed by atoms with Crippen LogP contribution in [0.15, 0.2) is 36.4 Å². The molecule has 0 aliphatic carbocycles. The van der Waals surface area contributed by atoms with Crippen LogP contribution in [0.5, 0.6) is 11.5 Å². The molecule has 1 aliphatic heterocycles. The minimum atomic E-state index is 0.722. The molecule has 1 aromatic heterocycles. The van der Waals surface area contributed by atoms with Crippen molar-refractivity contribution >= 4 is 0 Å². The van der Waals surface area contributed by atoms with E-state index in [0.29, 0.717) is 0 Å². The molecule has 0 saturated carbocycles. The Morgan fingerprint density at radius 2 is 1.85 bits per heavy atom. The van der Waals surface area contributed by atoms with Crippen LogP contribution < -0.4 is 9.47 Å². The van der Waals surface area contributed by atoms with Gasteiger partial charge in [-0.1, -0.05) is 19.1 Å². The summed E-state index contributed by atoms with van der Waals surface area (Å²) in [6.45, 7) is 6.45. The lowest BCUT2D eigenvalue weighted by Gasteiger charge is -2.16. The zero-order valence-corrected chi connectivity index (χ0v) is 16.0. The standard InChI is InChI=1S/C22H30N2O2/c1-3-19-8-6-9-20(23-19)16-18-10-11-21(25-2)22(17-18)26-15-7-14-24-12-4-5-13-24/h6,8-11,17H,3-5,7,12-16H2,1-2H3. The van der Waals surface area contributed by atoms with E-state index in [1.165, 1.54) is 31.5 Å². The van der Waals surface area contributed by atoms with E-state index in [1.807, 2.05) is 6.07 Å². The SMILES string of the molecule is CCc1cccc(Cc2ccc(OC)c(OCCCN3CCCC3)c2)n1. The maximum absolute atomic E-state index is 6.04. The van der Waals surface area contributed by atoms with Crippen molar-refractivity contribution in [3.05, 3.63) is 53.3 Å². The molecule has 1 aromatic carbocycles. The second-order valence-corrected chi connectivity index (χ2v) is 6.89. The fraction of sp³-hybridized carbons (Fsp3) is 0.500. The van der Waals surface area contributed by atoms with Crippen LogP contribution in [0.25, 0.3) is 0 Å². The third-order valence-electron chi connectivity index (χ3n) is 4.91. The fourth-order valence-electron chi connectivity index (χ4n) is 3.45. The smallest absolute Gasteiger partial charge is 0.161 e. The van der Waals surface area contributed by atoms with Gasteiger partial charge < -0.3 is 14.4 Å². The summed E-state index contributed by atoms with van der Waals surface area (Å²) < 4.78 is 11.5. The molecule has 1 aliphatic rings. The summed E-state index contributed by atoms with van der Waals surface area (Å²) in [7, 11) is 1.69. The van der Waals surface area contributed by atoms with Gasteiger partial charge in [-0.05, 0) is 68.6 Å². The molecule has 0 radical (unpaired) electrons. The molecule has 0 bridgehead atoms. The Labute approximate surface area is 157 Å². The van der Waals surface area contributed by atoms with Gasteiger partial charge in [-0.15, -0.1) is 0 Å². The number of hydrogen-bond donors (Lipinski definition) is 0. The van der Waals surface area contributed by atoms with Gasteiger partial charge in [0.25, 0.3) is 0 Å². The van der Waals surface area contributed by atoms with Crippen LogP contribution in [0.1, 0.15) is 43.1 Å². The van der Waals surface area contributed by atoms with E-state index in [2.05, 4.69) is 42.2 Å². The monoisotopic (exact) mass is 354 g/mol. The highest BCUT2D eigenvalue weighted by Gasteiger charge is 2.11. The van der Waals surface area contributed by atoms with Crippen molar-refractivity contribution in [2.75, 3.05) is 33.4 Å². The molecule has 2 aromatic rings. The number of benzene rings is 1. The zero-order valence-electron chi connectivity index (χ0n) is 16.0. The number of methoxy groups -OCH3 is 1. The van der Waals surface area contributed by atoms with Gasteiger partial charge in [0.05, 0.1) is 13.7 Å². The van der Waals surface area contributed by atoms with Gasteiger partial charge in [0.2, 0.25) is 0 Å². The maximum atomic E-state index is 6.04. The number of rotatable bonds is 9. The number of likely N-dealkylation sites (tertiary alicyclic amines) is 1. The molecule has 140 valence electrons. The Morgan fingerprint density at radius 1 is 1.04 bits per heavy atom. The van der Waals surface area contributed by atoms with Gasteiger partial charge in [0, 0.05) is 24.4 Å². The van der Waals surface area contributed by atoms with E-state index >= 15 is 0 Å². The topological polar surface area (TPSA) is 34.6 Å². The molecule has 0 amide bonds. The average molecular weight is 354 g/mol. The second kappa shape index (κ2) is 9.58. The fourth-order valence-corrected chi connectivity index (χ4v) is 3.45. The molecule has 2 heterocycles. The molecule has 0 unspecified atom stereocenters. The van der Waals surface area contributed by atoms with E-state index < -0.39 is 0 Å². The van der Waals surface area contributed by atoms with Crippen LogP contribution in [0.4, 0.5) is 0 Å². The van der Waals surface area contributed by atoms with Gasteiger partial charge in [-0.3, -0.25) is 4.98 Å². The van der Waals surface area contributed by atoms with E-state index in [9.17, 15) is 0 Å². The van der Waals surface area contributed by atoms with E-state index in [0.717, 1.165) is 55.3 Å². The van der Waals surface area contributed by atoms with E-state index in [-0.39, 0.29) is 0 Å². The molecule has 1 fully saturated rings. The molecule has 1 saturated heterocycles. The third kappa shape index (κ3) is 5.21. The zero-order chi connectivity index (χ0) is 18.2. The van der Waals surface area contributed by atoms with Crippen LogP contribution in [0.2, 0.25) is 0 Å². The molecule has 3 rings (SSSR count). The van der Waals surface area contributed by atoms with Crippen molar-refractivity contribution in [3.8, 4) is 11.5 Å². The van der Waals surface area contributed by atoms with Crippen molar-refractivity contribution in [2.24, 2.45) is 0 Å². The average Bonchev–Trinajstić information content (AvgIpc) is 3.19. The summed E-state index contributed by atoms with van der Waals surface area (Å²) in [5.41, 5.74) is 3.42. The number of nitrogens with zero attached hydrogens (tertiary/aromatic N) is 2. The Morgan fingerprint density at radius 3 is 2.62 bits per heavy atom. The summed E-state index contributed by atoms with van der Waals surface area (Å²) in [5, 5.41) is 0. The largest absolute Gasteiger partial charge is 0.493 e. The van der Waals surface area contributed by atoms with Crippen molar-refractivity contribution in [1.29, 1.82) is 0 Å². The van der Waals surface area contributed by atoms with Crippen molar-refractivity contribution in [2.45, 2.75) is 39.0 Å². The Kier molecular flexibility index (Phi) is 6.89. The highest BCUT2D eigenvalue weighted by atomic mass is 16.5. The molecule has 0 N–H and O–H groups in total. The van der Waals surface area contributed by atoms with Crippen molar-refractivity contribution in [1.82, 2.24) is 9.88 Å². The summed E-state index contributed by atoms with van der Waals surface area (Å²) in [6.07, 6.45) is 5.49. The van der Waals surface area contributed by atoms with Gasteiger partial charge in [0.15, 0.2) is 11.5 Å². The highest BCUT2D eigenvalue weighted by molar-refractivity contribution is 5.43. The van der Waals surface area contributed by atoms with Gasteiger partial charge >= 0.3 is 0 Å². The first-order valence-corrected chi connectivity index (χ1v) is 9.75. The van der Waals surface area contributed by atoms with Crippen LogP contribution in [-0.4, -0.2) is 43.2 Å². The Bertz CT molecular complexity index is 696.